The zero-order valence-corrected chi connectivity index (χ0v) is 11.5. The molecule has 1 heterocycles. The van der Waals surface area contributed by atoms with E-state index in [0.29, 0.717) is 11.9 Å². The summed E-state index contributed by atoms with van der Waals surface area (Å²) in [4.78, 5) is 0. The van der Waals surface area contributed by atoms with E-state index >= 15 is 0 Å². The minimum absolute atomic E-state index is 0.0844. The number of thioether (sulfide) groups is 1. The zero-order valence-electron chi connectivity index (χ0n) is 8.31. The van der Waals surface area contributed by atoms with Crippen LogP contribution in [0.15, 0.2) is 0 Å². The third kappa shape index (κ3) is 2.63. The number of halogens is 1. The lowest BCUT2D eigenvalue weighted by Gasteiger charge is -2.34. The Hall–Kier alpha value is 0.700. The van der Waals surface area contributed by atoms with Gasteiger partial charge in [-0.15, -0.1) is 0 Å². The van der Waals surface area contributed by atoms with Crippen LogP contribution in [0.5, 0.6) is 0 Å². The second kappa shape index (κ2) is 5.16. The Kier molecular flexibility index (Phi) is 4.70. The fourth-order valence-electron chi connectivity index (χ4n) is 1.27. The SMILES string of the molecule is CN(C)S(=O)(=O)N1CCSCC1CBr. The maximum Gasteiger partial charge on any atom is 0.281 e. The van der Waals surface area contributed by atoms with Crippen molar-refractivity contribution >= 4 is 37.9 Å². The van der Waals surface area contributed by atoms with Crippen LogP contribution in [0.1, 0.15) is 0 Å². The van der Waals surface area contributed by atoms with Crippen LogP contribution in [0, 0.1) is 0 Å². The van der Waals surface area contributed by atoms with Gasteiger partial charge in [-0.2, -0.15) is 28.8 Å². The number of alkyl halides is 1. The lowest BCUT2D eigenvalue weighted by atomic mass is 10.4. The first-order chi connectivity index (χ1) is 6.50. The molecule has 1 fully saturated rings. The number of rotatable bonds is 3. The average Bonchev–Trinajstić information content (AvgIpc) is 2.17. The van der Waals surface area contributed by atoms with E-state index in [2.05, 4.69) is 15.9 Å². The number of hydrogen-bond donors (Lipinski definition) is 0. The Morgan fingerprint density at radius 1 is 1.57 bits per heavy atom. The largest absolute Gasteiger partial charge is 0.281 e. The van der Waals surface area contributed by atoms with Crippen LogP contribution in [-0.2, 0) is 10.2 Å². The summed E-state index contributed by atoms with van der Waals surface area (Å²) in [5.74, 6) is 1.76. The lowest BCUT2D eigenvalue weighted by molar-refractivity contribution is 0.343. The van der Waals surface area contributed by atoms with E-state index in [1.54, 1.807) is 30.2 Å². The summed E-state index contributed by atoms with van der Waals surface area (Å²) in [6, 6.07) is 0.0844. The quantitative estimate of drug-likeness (QED) is 0.717. The Balaban J connectivity index is 2.83. The van der Waals surface area contributed by atoms with Crippen molar-refractivity contribution in [2.24, 2.45) is 0 Å². The average molecular weight is 303 g/mol. The van der Waals surface area contributed by atoms with Crippen molar-refractivity contribution in [1.29, 1.82) is 0 Å². The molecule has 0 aromatic heterocycles. The fourth-order valence-corrected chi connectivity index (χ4v) is 4.89. The first-order valence-electron chi connectivity index (χ1n) is 4.33. The van der Waals surface area contributed by atoms with Crippen molar-refractivity contribution in [3.05, 3.63) is 0 Å². The maximum atomic E-state index is 11.9. The minimum Gasteiger partial charge on any atom is -0.195 e. The van der Waals surface area contributed by atoms with Gasteiger partial charge in [0, 0.05) is 43.5 Å². The van der Waals surface area contributed by atoms with Crippen molar-refractivity contribution in [3.63, 3.8) is 0 Å². The van der Waals surface area contributed by atoms with Gasteiger partial charge in [-0.3, -0.25) is 0 Å². The van der Waals surface area contributed by atoms with Crippen LogP contribution in [0.2, 0.25) is 0 Å². The molecule has 84 valence electrons. The van der Waals surface area contributed by atoms with Gasteiger partial charge < -0.3 is 0 Å². The molecule has 0 radical (unpaired) electrons. The summed E-state index contributed by atoms with van der Waals surface area (Å²) in [6.07, 6.45) is 0. The van der Waals surface area contributed by atoms with Gasteiger partial charge in [0.25, 0.3) is 10.2 Å². The molecule has 1 saturated heterocycles. The van der Waals surface area contributed by atoms with E-state index in [1.807, 2.05) is 0 Å². The first kappa shape index (κ1) is 12.8. The summed E-state index contributed by atoms with van der Waals surface area (Å²) in [7, 11) is -0.0943. The molecule has 1 rings (SSSR count). The predicted octanol–water partition coefficient (Wildman–Crippen LogP) is 0.605. The van der Waals surface area contributed by atoms with E-state index < -0.39 is 10.2 Å². The third-order valence-corrected chi connectivity index (χ3v) is 5.94. The first-order valence-corrected chi connectivity index (χ1v) is 8.00. The van der Waals surface area contributed by atoms with Crippen molar-refractivity contribution in [2.75, 3.05) is 37.5 Å². The van der Waals surface area contributed by atoms with Gasteiger partial charge in [0.05, 0.1) is 0 Å². The maximum absolute atomic E-state index is 11.9. The van der Waals surface area contributed by atoms with Gasteiger partial charge in [-0.25, -0.2) is 0 Å². The van der Waals surface area contributed by atoms with Gasteiger partial charge in [-0.05, 0) is 0 Å². The molecule has 0 N–H and O–H groups in total. The van der Waals surface area contributed by atoms with Gasteiger partial charge in [-0.1, -0.05) is 15.9 Å². The highest BCUT2D eigenvalue weighted by atomic mass is 79.9. The number of nitrogens with zero attached hydrogens (tertiary/aromatic N) is 2. The van der Waals surface area contributed by atoms with E-state index in [4.69, 9.17) is 0 Å². The molecule has 0 bridgehead atoms. The summed E-state index contributed by atoms with van der Waals surface area (Å²) in [5.41, 5.74) is 0. The molecular weight excluding hydrogens is 288 g/mol. The minimum atomic E-state index is -3.24. The fraction of sp³-hybridized carbons (Fsp3) is 1.00. The summed E-state index contributed by atoms with van der Waals surface area (Å²) in [5, 5.41) is 0.701. The molecule has 14 heavy (non-hydrogen) atoms. The van der Waals surface area contributed by atoms with Crippen molar-refractivity contribution in [1.82, 2.24) is 8.61 Å². The van der Waals surface area contributed by atoms with Crippen molar-refractivity contribution in [3.8, 4) is 0 Å². The molecule has 4 nitrogen and oxygen atoms in total. The monoisotopic (exact) mass is 302 g/mol. The molecule has 0 amide bonds. The second-order valence-electron chi connectivity index (χ2n) is 3.28. The molecule has 0 aromatic carbocycles. The highest BCUT2D eigenvalue weighted by Gasteiger charge is 2.33. The van der Waals surface area contributed by atoms with Crippen LogP contribution in [0.4, 0.5) is 0 Å². The molecule has 0 saturated carbocycles. The molecule has 0 aromatic rings. The summed E-state index contributed by atoms with van der Waals surface area (Å²) >= 11 is 5.16. The van der Waals surface area contributed by atoms with E-state index in [0.717, 1.165) is 11.5 Å². The number of hydrogen-bond acceptors (Lipinski definition) is 3. The van der Waals surface area contributed by atoms with Gasteiger partial charge in [0.2, 0.25) is 0 Å². The molecule has 7 heteroatoms. The summed E-state index contributed by atoms with van der Waals surface area (Å²) in [6.45, 7) is 0.613. The molecule has 1 aliphatic rings. The Labute approximate surface area is 98.3 Å². The van der Waals surface area contributed by atoms with Gasteiger partial charge in [0.1, 0.15) is 0 Å². The molecule has 1 aliphatic heterocycles. The smallest absolute Gasteiger partial charge is 0.195 e. The highest BCUT2D eigenvalue weighted by molar-refractivity contribution is 9.09. The Bertz CT molecular complexity index is 281. The molecule has 1 atom stereocenters. The zero-order chi connectivity index (χ0) is 10.8. The Morgan fingerprint density at radius 2 is 2.21 bits per heavy atom. The summed E-state index contributed by atoms with van der Waals surface area (Å²) < 4.78 is 26.6. The predicted molar refractivity (Wildman–Crippen MR) is 64.2 cm³/mol. The van der Waals surface area contributed by atoms with Gasteiger partial charge >= 0.3 is 0 Å². The van der Waals surface area contributed by atoms with Crippen LogP contribution in [0.3, 0.4) is 0 Å². The third-order valence-electron chi connectivity index (χ3n) is 2.11. The highest BCUT2D eigenvalue weighted by Crippen LogP contribution is 2.21. The lowest BCUT2D eigenvalue weighted by Crippen LogP contribution is -2.51. The normalized spacial score (nSPS) is 25.6. The van der Waals surface area contributed by atoms with Gasteiger partial charge in [0.15, 0.2) is 0 Å². The topological polar surface area (TPSA) is 40.6 Å². The van der Waals surface area contributed by atoms with Crippen LogP contribution < -0.4 is 0 Å². The molecular formula is C7H15BrN2O2S2. The van der Waals surface area contributed by atoms with Crippen LogP contribution >= 0.6 is 27.7 Å². The second-order valence-corrected chi connectivity index (χ2v) is 7.18. The Morgan fingerprint density at radius 3 is 2.71 bits per heavy atom. The van der Waals surface area contributed by atoms with Crippen molar-refractivity contribution in [2.45, 2.75) is 6.04 Å². The van der Waals surface area contributed by atoms with Crippen molar-refractivity contribution < 1.29 is 8.42 Å². The van der Waals surface area contributed by atoms with E-state index in [-0.39, 0.29) is 6.04 Å². The molecule has 0 spiro atoms. The van der Waals surface area contributed by atoms with Crippen LogP contribution in [0.25, 0.3) is 0 Å². The van der Waals surface area contributed by atoms with Crippen LogP contribution in [-0.4, -0.2) is 60.5 Å². The molecule has 1 unspecified atom stereocenters. The standard InChI is InChI=1S/C7H15BrN2O2S2/c1-9(2)14(11,12)10-3-4-13-6-7(10)5-8/h7H,3-6H2,1-2H3. The molecule has 0 aliphatic carbocycles. The van der Waals surface area contributed by atoms with E-state index in [1.165, 1.54) is 4.31 Å². The van der Waals surface area contributed by atoms with E-state index in [9.17, 15) is 8.42 Å².